The van der Waals surface area contributed by atoms with E-state index in [0.29, 0.717) is 6.54 Å². The van der Waals surface area contributed by atoms with Crippen LogP contribution in [0, 0.1) is 5.92 Å². The molecule has 0 radical (unpaired) electrons. The van der Waals surface area contributed by atoms with Crippen LogP contribution in [0.3, 0.4) is 0 Å². The summed E-state index contributed by atoms with van der Waals surface area (Å²) in [6.07, 6.45) is 1.78. The fourth-order valence-electron chi connectivity index (χ4n) is 2.31. The number of nitrogens with two attached hydrogens (primary N) is 1. The first-order valence-electron chi connectivity index (χ1n) is 7.17. The summed E-state index contributed by atoms with van der Waals surface area (Å²) in [5.74, 6) is 0.331. The minimum atomic E-state index is 0.108. The van der Waals surface area contributed by atoms with Crippen LogP contribution in [0.5, 0.6) is 0 Å². The fraction of sp³-hybridized carbons (Fsp3) is 0.562. The van der Waals surface area contributed by atoms with Crippen molar-refractivity contribution in [3.63, 3.8) is 0 Å². The molecule has 0 heterocycles. The van der Waals surface area contributed by atoms with Crippen molar-refractivity contribution in [3.05, 3.63) is 29.8 Å². The van der Waals surface area contributed by atoms with Gasteiger partial charge >= 0.3 is 0 Å². The van der Waals surface area contributed by atoms with Gasteiger partial charge in [-0.2, -0.15) is 0 Å². The van der Waals surface area contributed by atoms with Gasteiger partial charge in [0, 0.05) is 24.2 Å². The van der Waals surface area contributed by atoms with Crippen molar-refractivity contribution in [1.29, 1.82) is 0 Å². The quantitative estimate of drug-likeness (QED) is 0.854. The Morgan fingerprint density at radius 3 is 2.05 bits per heavy atom. The Morgan fingerprint density at radius 2 is 1.68 bits per heavy atom. The number of hydrogen-bond donors (Lipinski definition) is 1. The maximum atomic E-state index is 12.6. The molecule has 0 aliphatic rings. The molecular weight excluding hydrogens is 236 g/mol. The van der Waals surface area contributed by atoms with Crippen LogP contribution in [0.2, 0.25) is 0 Å². The topological polar surface area (TPSA) is 46.3 Å². The van der Waals surface area contributed by atoms with Gasteiger partial charge in [0.1, 0.15) is 0 Å². The molecule has 0 saturated carbocycles. The van der Waals surface area contributed by atoms with E-state index in [1.807, 2.05) is 29.2 Å². The number of benzene rings is 1. The first-order chi connectivity index (χ1) is 9.04. The number of carbonyl (C=O) groups excluding carboxylic acids is 1. The molecule has 1 rings (SSSR count). The highest BCUT2D eigenvalue weighted by molar-refractivity contribution is 5.95. The average Bonchev–Trinajstić information content (AvgIpc) is 2.40. The molecule has 0 bridgehead atoms. The summed E-state index contributed by atoms with van der Waals surface area (Å²) >= 11 is 0. The molecule has 0 atom stereocenters. The van der Waals surface area contributed by atoms with Gasteiger partial charge in [0.2, 0.25) is 5.91 Å². The summed E-state index contributed by atoms with van der Waals surface area (Å²) in [4.78, 5) is 14.5. The Bertz CT molecular complexity index is 394. The molecule has 19 heavy (non-hydrogen) atoms. The number of nitrogens with zero attached hydrogens (tertiary/aromatic N) is 1. The van der Waals surface area contributed by atoms with Crippen molar-refractivity contribution < 1.29 is 4.79 Å². The number of rotatable bonds is 6. The monoisotopic (exact) mass is 262 g/mol. The van der Waals surface area contributed by atoms with E-state index in [4.69, 9.17) is 5.73 Å². The van der Waals surface area contributed by atoms with E-state index in [-0.39, 0.29) is 17.9 Å². The Labute approximate surface area is 116 Å². The van der Waals surface area contributed by atoms with Gasteiger partial charge in [-0.25, -0.2) is 0 Å². The van der Waals surface area contributed by atoms with Crippen LogP contribution in [0.15, 0.2) is 24.3 Å². The lowest BCUT2D eigenvalue weighted by molar-refractivity contribution is -0.122. The highest BCUT2D eigenvalue weighted by Crippen LogP contribution is 2.22. The zero-order chi connectivity index (χ0) is 14.4. The molecule has 1 amide bonds. The van der Waals surface area contributed by atoms with Gasteiger partial charge in [-0.1, -0.05) is 26.0 Å². The summed E-state index contributed by atoms with van der Waals surface area (Å²) in [6, 6.07) is 8.12. The molecule has 3 nitrogen and oxygen atoms in total. The predicted molar refractivity (Wildman–Crippen MR) is 81.0 cm³/mol. The maximum Gasteiger partial charge on any atom is 0.230 e. The van der Waals surface area contributed by atoms with Crippen LogP contribution in [0.1, 0.15) is 46.1 Å². The summed E-state index contributed by atoms with van der Waals surface area (Å²) in [5.41, 5.74) is 7.65. The number of anilines is 1. The van der Waals surface area contributed by atoms with Crippen molar-refractivity contribution >= 4 is 11.6 Å². The van der Waals surface area contributed by atoms with Crippen LogP contribution >= 0.6 is 0 Å². The third kappa shape index (κ3) is 3.80. The summed E-state index contributed by atoms with van der Waals surface area (Å²) in [7, 11) is 0. The molecule has 0 aliphatic carbocycles. The Morgan fingerprint density at radius 1 is 1.16 bits per heavy atom. The van der Waals surface area contributed by atoms with Crippen LogP contribution < -0.4 is 10.6 Å². The average molecular weight is 262 g/mol. The summed E-state index contributed by atoms with van der Waals surface area (Å²) in [6.45, 7) is 8.78. The van der Waals surface area contributed by atoms with Crippen LogP contribution in [0.4, 0.5) is 5.69 Å². The van der Waals surface area contributed by atoms with Gasteiger partial charge in [0.25, 0.3) is 0 Å². The SMILES string of the molecule is CCC(CC)C(=O)N(c1ccc(CN)cc1)C(C)C. The largest absolute Gasteiger partial charge is 0.326 e. The molecule has 0 spiro atoms. The van der Waals surface area contributed by atoms with E-state index in [1.54, 1.807) is 0 Å². The van der Waals surface area contributed by atoms with E-state index in [0.717, 1.165) is 24.1 Å². The molecule has 0 unspecified atom stereocenters. The van der Waals surface area contributed by atoms with E-state index in [1.165, 1.54) is 0 Å². The lowest BCUT2D eigenvalue weighted by Gasteiger charge is -2.30. The zero-order valence-corrected chi connectivity index (χ0v) is 12.5. The molecule has 2 N–H and O–H groups in total. The molecule has 0 aromatic heterocycles. The van der Waals surface area contributed by atoms with Crippen LogP contribution in [-0.4, -0.2) is 11.9 Å². The minimum absolute atomic E-state index is 0.108. The first-order valence-corrected chi connectivity index (χ1v) is 7.17. The molecular formula is C16H26N2O. The number of hydrogen-bond acceptors (Lipinski definition) is 2. The van der Waals surface area contributed by atoms with Gasteiger partial charge in [0.05, 0.1) is 0 Å². The Hall–Kier alpha value is -1.35. The second kappa shape index (κ2) is 7.29. The Balaban J connectivity index is 3.02. The van der Waals surface area contributed by atoms with Crippen molar-refractivity contribution in [2.24, 2.45) is 11.7 Å². The van der Waals surface area contributed by atoms with E-state index in [9.17, 15) is 4.79 Å². The molecule has 1 aromatic carbocycles. The van der Waals surface area contributed by atoms with E-state index < -0.39 is 0 Å². The smallest absolute Gasteiger partial charge is 0.230 e. The molecule has 3 heteroatoms. The van der Waals surface area contributed by atoms with Crippen molar-refractivity contribution in [2.75, 3.05) is 4.90 Å². The lowest BCUT2D eigenvalue weighted by atomic mass is 10.0. The van der Waals surface area contributed by atoms with Crippen LogP contribution in [0.25, 0.3) is 0 Å². The van der Waals surface area contributed by atoms with Gasteiger partial charge in [0.15, 0.2) is 0 Å². The van der Waals surface area contributed by atoms with E-state index >= 15 is 0 Å². The third-order valence-corrected chi connectivity index (χ3v) is 3.54. The first kappa shape index (κ1) is 15.7. The molecule has 106 valence electrons. The summed E-state index contributed by atoms with van der Waals surface area (Å²) < 4.78 is 0. The molecule has 0 saturated heterocycles. The fourth-order valence-corrected chi connectivity index (χ4v) is 2.31. The van der Waals surface area contributed by atoms with Crippen molar-refractivity contribution in [3.8, 4) is 0 Å². The molecule has 0 fully saturated rings. The standard InChI is InChI=1S/C16H26N2O/c1-5-14(6-2)16(19)18(12(3)4)15-9-7-13(11-17)8-10-15/h7-10,12,14H,5-6,11,17H2,1-4H3. The van der Waals surface area contributed by atoms with Gasteiger partial charge in [-0.15, -0.1) is 0 Å². The Kier molecular flexibility index (Phi) is 6.03. The minimum Gasteiger partial charge on any atom is -0.326 e. The second-order valence-corrected chi connectivity index (χ2v) is 5.19. The maximum absolute atomic E-state index is 12.6. The van der Waals surface area contributed by atoms with Crippen molar-refractivity contribution in [1.82, 2.24) is 0 Å². The molecule has 1 aromatic rings. The van der Waals surface area contributed by atoms with Gasteiger partial charge < -0.3 is 10.6 Å². The molecule has 0 aliphatic heterocycles. The number of carbonyl (C=O) groups is 1. The van der Waals surface area contributed by atoms with Gasteiger partial charge in [-0.05, 0) is 44.4 Å². The normalized spacial score (nSPS) is 11.1. The third-order valence-electron chi connectivity index (χ3n) is 3.54. The van der Waals surface area contributed by atoms with Gasteiger partial charge in [-0.3, -0.25) is 4.79 Å². The van der Waals surface area contributed by atoms with Crippen LogP contribution in [-0.2, 0) is 11.3 Å². The van der Waals surface area contributed by atoms with E-state index in [2.05, 4.69) is 27.7 Å². The second-order valence-electron chi connectivity index (χ2n) is 5.19. The lowest BCUT2D eigenvalue weighted by Crippen LogP contribution is -2.40. The number of amides is 1. The highest BCUT2D eigenvalue weighted by Gasteiger charge is 2.24. The summed E-state index contributed by atoms with van der Waals surface area (Å²) in [5, 5.41) is 0. The van der Waals surface area contributed by atoms with Crippen molar-refractivity contribution in [2.45, 2.75) is 53.1 Å². The highest BCUT2D eigenvalue weighted by atomic mass is 16.2. The predicted octanol–water partition coefficient (Wildman–Crippen LogP) is 3.32. The zero-order valence-electron chi connectivity index (χ0n) is 12.5.